The summed E-state index contributed by atoms with van der Waals surface area (Å²) in [5.41, 5.74) is 2.22. The van der Waals surface area contributed by atoms with E-state index in [0.717, 1.165) is 16.7 Å². The van der Waals surface area contributed by atoms with Crippen LogP contribution in [-0.4, -0.2) is 32.9 Å². The second-order valence-corrected chi connectivity index (χ2v) is 7.49. The van der Waals surface area contributed by atoms with Gasteiger partial charge in [-0.25, -0.2) is 14.4 Å². The Morgan fingerprint density at radius 3 is 0.944 bits per heavy atom. The van der Waals surface area contributed by atoms with Gasteiger partial charge in [0, 0.05) is 0 Å². The summed E-state index contributed by atoms with van der Waals surface area (Å²) in [5, 5.41) is 0. The third-order valence-corrected chi connectivity index (χ3v) is 4.82. The van der Waals surface area contributed by atoms with Crippen LogP contribution >= 0.6 is 0 Å². The van der Waals surface area contributed by atoms with Gasteiger partial charge in [-0.3, -0.25) is 0 Å². The van der Waals surface area contributed by atoms with Crippen molar-refractivity contribution in [2.75, 3.05) is 0 Å². The smallest absolute Gasteiger partial charge is 0.376 e. The molecule has 0 saturated carbocycles. The molecule has 0 bridgehead atoms. The number of ether oxygens (including phenoxy) is 3. The highest BCUT2D eigenvalue weighted by atomic mass is 16.5. The number of esters is 3. The minimum Gasteiger partial charge on any atom is -0.455 e. The molecule has 1 aromatic heterocycles. The average Bonchev–Trinajstić information content (AvgIpc) is 2.94. The number of carbonyl (C=O) groups is 3. The molecule has 9 heteroatoms. The normalized spacial score (nSPS) is 10.3. The van der Waals surface area contributed by atoms with Crippen molar-refractivity contribution < 1.29 is 28.6 Å². The van der Waals surface area contributed by atoms with E-state index < -0.39 is 35.4 Å². The minimum absolute atomic E-state index is 0.0487. The summed E-state index contributed by atoms with van der Waals surface area (Å²) < 4.78 is 15.7. The van der Waals surface area contributed by atoms with Gasteiger partial charge in [0.15, 0.2) is 0 Å². The van der Waals surface area contributed by atoms with E-state index in [1.54, 1.807) is 72.8 Å². The molecule has 0 radical (unpaired) electrons. The van der Waals surface area contributed by atoms with Gasteiger partial charge in [-0.15, -0.1) is 0 Å². The molecule has 0 fully saturated rings. The Balaban J connectivity index is 1.52. The van der Waals surface area contributed by atoms with E-state index in [1.807, 2.05) is 18.2 Å². The average molecular weight is 483 g/mol. The lowest BCUT2D eigenvalue weighted by Crippen LogP contribution is -2.21. The van der Waals surface area contributed by atoms with E-state index in [-0.39, 0.29) is 19.8 Å². The fourth-order valence-corrected chi connectivity index (χ4v) is 3.01. The van der Waals surface area contributed by atoms with Crippen LogP contribution in [0.15, 0.2) is 91.0 Å². The molecule has 0 atom stereocenters. The molecule has 9 nitrogen and oxygen atoms in total. The summed E-state index contributed by atoms with van der Waals surface area (Å²) >= 11 is 0. The zero-order valence-electron chi connectivity index (χ0n) is 19.1. The number of rotatable bonds is 9. The number of hydrogen-bond acceptors (Lipinski definition) is 9. The van der Waals surface area contributed by atoms with Gasteiger partial charge < -0.3 is 14.2 Å². The molecule has 0 amide bonds. The third-order valence-electron chi connectivity index (χ3n) is 4.82. The Morgan fingerprint density at radius 2 is 0.694 bits per heavy atom. The zero-order valence-corrected chi connectivity index (χ0v) is 19.1. The fourth-order valence-electron chi connectivity index (χ4n) is 3.01. The molecule has 0 aliphatic heterocycles. The number of benzene rings is 3. The zero-order chi connectivity index (χ0) is 25.2. The van der Waals surface area contributed by atoms with E-state index in [9.17, 15) is 14.4 Å². The summed E-state index contributed by atoms with van der Waals surface area (Å²) in [6.07, 6.45) is 0. The Morgan fingerprint density at radius 1 is 0.444 bits per heavy atom. The van der Waals surface area contributed by atoms with Gasteiger partial charge in [-0.05, 0) is 16.7 Å². The van der Waals surface area contributed by atoms with Gasteiger partial charge >= 0.3 is 17.9 Å². The Labute approximate surface area is 206 Å². The maximum Gasteiger partial charge on any atom is 0.376 e. The van der Waals surface area contributed by atoms with Gasteiger partial charge in [0.1, 0.15) is 19.8 Å². The first-order valence-electron chi connectivity index (χ1n) is 11.0. The van der Waals surface area contributed by atoms with Crippen LogP contribution < -0.4 is 0 Å². The summed E-state index contributed by atoms with van der Waals surface area (Å²) in [7, 11) is 0. The van der Waals surface area contributed by atoms with E-state index in [0.29, 0.717) is 0 Å². The van der Waals surface area contributed by atoms with Crippen molar-refractivity contribution in [2.45, 2.75) is 19.8 Å². The molecule has 0 aliphatic rings. The predicted molar refractivity (Wildman–Crippen MR) is 127 cm³/mol. The van der Waals surface area contributed by atoms with E-state index in [4.69, 9.17) is 14.2 Å². The van der Waals surface area contributed by atoms with Crippen LogP contribution in [0.1, 0.15) is 48.5 Å². The summed E-state index contributed by atoms with van der Waals surface area (Å²) in [6, 6.07) is 27.0. The number of carbonyl (C=O) groups excluding carboxylic acids is 3. The maximum atomic E-state index is 12.6. The first kappa shape index (κ1) is 24.2. The Kier molecular flexibility index (Phi) is 8.06. The van der Waals surface area contributed by atoms with Crippen molar-refractivity contribution in [3.8, 4) is 0 Å². The third kappa shape index (κ3) is 6.80. The van der Waals surface area contributed by atoms with Crippen molar-refractivity contribution in [3.05, 3.63) is 125 Å². The Hall–Kier alpha value is -4.92. The van der Waals surface area contributed by atoms with Crippen LogP contribution in [0.2, 0.25) is 0 Å². The SMILES string of the molecule is O=C(OCc1ccccc1)c1nc(C(=O)OCc2ccccc2)nc(C(=O)OCc2ccccc2)n1. The fraction of sp³-hybridized carbons (Fsp3) is 0.111. The van der Waals surface area contributed by atoms with Gasteiger partial charge in [-0.1, -0.05) is 91.0 Å². The van der Waals surface area contributed by atoms with Gasteiger partial charge in [0.25, 0.3) is 0 Å². The first-order chi connectivity index (χ1) is 17.6. The van der Waals surface area contributed by atoms with Crippen molar-refractivity contribution in [3.63, 3.8) is 0 Å². The van der Waals surface area contributed by atoms with Crippen LogP contribution in [0.25, 0.3) is 0 Å². The van der Waals surface area contributed by atoms with E-state index in [1.165, 1.54) is 0 Å². The highest BCUT2D eigenvalue weighted by Gasteiger charge is 2.24. The number of hydrogen-bond donors (Lipinski definition) is 0. The van der Waals surface area contributed by atoms with Crippen LogP contribution in [0.3, 0.4) is 0 Å². The number of aromatic nitrogens is 3. The molecule has 0 unspecified atom stereocenters. The monoisotopic (exact) mass is 483 g/mol. The topological polar surface area (TPSA) is 118 Å². The second kappa shape index (κ2) is 12.0. The Bertz CT molecular complexity index is 1150. The largest absolute Gasteiger partial charge is 0.455 e. The van der Waals surface area contributed by atoms with Crippen LogP contribution in [0.5, 0.6) is 0 Å². The molecule has 4 rings (SSSR count). The van der Waals surface area contributed by atoms with Gasteiger partial charge in [0.2, 0.25) is 17.5 Å². The van der Waals surface area contributed by atoms with Crippen molar-refractivity contribution in [1.29, 1.82) is 0 Å². The highest BCUT2D eigenvalue weighted by molar-refractivity contribution is 5.92. The molecule has 180 valence electrons. The van der Waals surface area contributed by atoms with Crippen LogP contribution in [0, 0.1) is 0 Å². The minimum atomic E-state index is -0.935. The van der Waals surface area contributed by atoms with Crippen LogP contribution in [0.4, 0.5) is 0 Å². The molecule has 0 spiro atoms. The molecular formula is C27H21N3O6. The lowest BCUT2D eigenvalue weighted by molar-refractivity contribution is 0.0432. The van der Waals surface area contributed by atoms with Gasteiger partial charge in [0.05, 0.1) is 0 Å². The molecule has 0 N–H and O–H groups in total. The summed E-state index contributed by atoms with van der Waals surface area (Å²) in [4.78, 5) is 49.6. The quantitative estimate of drug-likeness (QED) is 0.258. The van der Waals surface area contributed by atoms with Crippen molar-refractivity contribution in [1.82, 2.24) is 15.0 Å². The predicted octanol–water partition coefficient (Wildman–Crippen LogP) is 3.94. The molecule has 36 heavy (non-hydrogen) atoms. The highest BCUT2D eigenvalue weighted by Crippen LogP contribution is 2.09. The molecule has 0 aliphatic carbocycles. The van der Waals surface area contributed by atoms with Crippen molar-refractivity contribution in [2.24, 2.45) is 0 Å². The van der Waals surface area contributed by atoms with Crippen molar-refractivity contribution >= 4 is 17.9 Å². The van der Waals surface area contributed by atoms with E-state index >= 15 is 0 Å². The molecular weight excluding hydrogens is 462 g/mol. The lowest BCUT2D eigenvalue weighted by Gasteiger charge is -2.09. The molecule has 0 saturated heterocycles. The standard InChI is InChI=1S/C27H21N3O6/c31-25(34-16-19-10-4-1-5-11-19)22-28-23(26(32)35-17-20-12-6-2-7-13-20)30-24(29-22)27(33)36-18-21-14-8-3-9-15-21/h1-15H,16-18H2. The molecule has 4 aromatic rings. The summed E-state index contributed by atoms with van der Waals surface area (Å²) in [6.45, 7) is -0.146. The maximum absolute atomic E-state index is 12.6. The molecule has 3 aromatic carbocycles. The van der Waals surface area contributed by atoms with Gasteiger partial charge in [-0.2, -0.15) is 15.0 Å². The second-order valence-electron chi connectivity index (χ2n) is 7.49. The summed E-state index contributed by atoms with van der Waals surface area (Å²) in [5.74, 6) is -4.35. The number of nitrogens with zero attached hydrogens (tertiary/aromatic N) is 3. The van der Waals surface area contributed by atoms with E-state index in [2.05, 4.69) is 15.0 Å². The van der Waals surface area contributed by atoms with Crippen LogP contribution in [-0.2, 0) is 34.0 Å². The lowest BCUT2D eigenvalue weighted by atomic mass is 10.2. The molecule has 1 heterocycles. The first-order valence-corrected chi connectivity index (χ1v) is 11.0.